The van der Waals surface area contributed by atoms with Gasteiger partial charge in [0.2, 0.25) is 0 Å². The molecule has 0 aliphatic heterocycles. The van der Waals surface area contributed by atoms with Gasteiger partial charge >= 0.3 is 0 Å². The molecule has 1 aromatic carbocycles. The zero-order chi connectivity index (χ0) is 12.3. The second-order valence-corrected chi connectivity index (χ2v) is 4.03. The molecule has 0 aliphatic carbocycles. The molecule has 88 valence electrons. The van der Waals surface area contributed by atoms with E-state index in [1.54, 1.807) is 12.4 Å². The average molecular weight is 228 g/mol. The number of pyridine rings is 1. The van der Waals surface area contributed by atoms with Gasteiger partial charge in [-0.1, -0.05) is 12.1 Å². The van der Waals surface area contributed by atoms with E-state index >= 15 is 0 Å². The summed E-state index contributed by atoms with van der Waals surface area (Å²) in [6.45, 7) is 4.08. The Balaban J connectivity index is 2.27. The van der Waals surface area contributed by atoms with Crippen LogP contribution in [0.5, 0.6) is 11.5 Å². The van der Waals surface area contributed by atoms with Crippen molar-refractivity contribution in [3.63, 3.8) is 0 Å². The van der Waals surface area contributed by atoms with E-state index in [2.05, 4.69) is 29.4 Å². The van der Waals surface area contributed by atoms with E-state index in [-0.39, 0.29) is 0 Å². The normalized spacial score (nSPS) is 10.1. The van der Waals surface area contributed by atoms with Crippen molar-refractivity contribution in [2.75, 3.05) is 12.4 Å². The predicted octanol–water partition coefficient (Wildman–Crippen LogP) is 3.53. The van der Waals surface area contributed by atoms with E-state index in [0.717, 1.165) is 22.7 Å². The first-order valence-corrected chi connectivity index (χ1v) is 5.57. The van der Waals surface area contributed by atoms with Crippen LogP contribution in [0.1, 0.15) is 11.1 Å². The standard InChI is InChI=1S/C14H16N2O/c1-10-4-5-11(2)14(6-10)17-13-7-12(15-3)8-16-9-13/h4-9,15H,1-3H3. The first-order valence-electron chi connectivity index (χ1n) is 5.57. The summed E-state index contributed by atoms with van der Waals surface area (Å²) in [7, 11) is 1.86. The van der Waals surface area contributed by atoms with Crippen LogP contribution in [0, 0.1) is 13.8 Å². The van der Waals surface area contributed by atoms with Crippen molar-refractivity contribution >= 4 is 5.69 Å². The molecule has 0 saturated heterocycles. The first kappa shape index (κ1) is 11.5. The Labute approximate surface area is 101 Å². The topological polar surface area (TPSA) is 34.2 Å². The lowest BCUT2D eigenvalue weighted by molar-refractivity contribution is 0.476. The Kier molecular flexibility index (Phi) is 3.28. The summed E-state index contributed by atoms with van der Waals surface area (Å²) in [5, 5.41) is 3.04. The van der Waals surface area contributed by atoms with Crippen LogP contribution < -0.4 is 10.1 Å². The largest absolute Gasteiger partial charge is 0.455 e. The Bertz CT molecular complexity index is 523. The zero-order valence-electron chi connectivity index (χ0n) is 10.3. The van der Waals surface area contributed by atoms with Gasteiger partial charge < -0.3 is 10.1 Å². The minimum Gasteiger partial charge on any atom is -0.455 e. The average Bonchev–Trinajstić information content (AvgIpc) is 2.34. The lowest BCUT2D eigenvalue weighted by Gasteiger charge is -2.10. The molecule has 0 radical (unpaired) electrons. The van der Waals surface area contributed by atoms with Gasteiger partial charge in [-0.05, 0) is 31.0 Å². The molecule has 2 aromatic rings. The Hall–Kier alpha value is -2.03. The zero-order valence-corrected chi connectivity index (χ0v) is 10.3. The highest BCUT2D eigenvalue weighted by Gasteiger charge is 2.02. The monoisotopic (exact) mass is 228 g/mol. The summed E-state index contributed by atoms with van der Waals surface area (Å²) in [5.74, 6) is 1.62. The van der Waals surface area contributed by atoms with E-state index in [1.165, 1.54) is 5.56 Å². The van der Waals surface area contributed by atoms with Crippen molar-refractivity contribution in [1.82, 2.24) is 4.98 Å². The number of ether oxygens (including phenoxy) is 1. The van der Waals surface area contributed by atoms with Gasteiger partial charge in [0, 0.05) is 13.1 Å². The molecule has 17 heavy (non-hydrogen) atoms. The molecule has 1 aromatic heterocycles. The van der Waals surface area contributed by atoms with Crippen molar-refractivity contribution in [2.24, 2.45) is 0 Å². The highest BCUT2D eigenvalue weighted by atomic mass is 16.5. The molecular weight excluding hydrogens is 212 g/mol. The van der Waals surface area contributed by atoms with Crippen LogP contribution in [-0.4, -0.2) is 12.0 Å². The third-order valence-corrected chi connectivity index (χ3v) is 2.57. The summed E-state index contributed by atoms with van der Waals surface area (Å²) in [6, 6.07) is 8.08. The van der Waals surface area contributed by atoms with Gasteiger partial charge in [-0.2, -0.15) is 0 Å². The summed E-state index contributed by atoms with van der Waals surface area (Å²) >= 11 is 0. The number of hydrogen-bond acceptors (Lipinski definition) is 3. The third-order valence-electron chi connectivity index (χ3n) is 2.57. The van der Waals surface area contributed by atoms with Crippen molar-refractivity contribution < 1.29 is 4.74 Å². The lowest BCUT2D eigenvalue weighted by atomic mass is 10.1. The molecule has 0 unspecified atom stereocenters. The number of benzene rings is 1. The van der Waals surface area contributed by atoms with Gasteiger partial charge in [0.1, 0.15) is 11.5 Å². The van der Waals surface area contributed by atoms with Gasteiger partial charge in [0.25, 0.3) is 0 Å². The number of aromatic nitrogens is 1. The maximum absolute atomic E-state index is 5.83. The van der Waals surface area contributed by atoms with E-state index in [9.17, 15) is 0 Å². The molecule has 0 bridgehead atoms. The van der Waals surface area contributed by atoms with Crippen LogP contribution in [0.2, 0.25) is 0 Å². The number of nitrogens with one attached hydrogen (secondary N) is 1. The fourth-order valence-electron chi connectivity index (χ4n) is 1.56. The molecular formula is C14H16N2O. The van der Waals surface area contributed by atoms with E-state index in [4.69, 9.17) is 4.74 Å². The molecule has 1 heterocycles. The van der Waals surface area contributed by atoms with Crippen molar-refractivity contribution in [2.45, 2.75) is 13.8 Å². The number of anilines is 1. The van der Waals surface area contributed by atoms with Gasteiger partial charge in [-0.25, -0.2) is 0 Å². The second kappa shape index (κ2) is 4.87. The number of hydrogen-bond donors (Lipinski definition) is 1. The van der Waals surface area contributed by atoms with Gasteiger partial charge in [-0.15, -0.1) is 0 Å². The maximum Gasteiger partial charge on any atom is 0.147 e. The first-order chi connectivity index (χ1) is 8.19. The minimum atomic E-state index is 0.741. The van der Waals surface area contributed by atoms with Gasteiger partial charge in [0.15, 0.2) is 0 Å². The molecule has 0 amide bonds. The fraction of sp³-hybridized carbons (Fsp3) is 0.214. The summed E-state index contributed by atoms with van der Waals surface area (Å²) < 4.78 is 5.83. The van der Waals surface area contributed by atoms with E-state index < -0.39 is 0 Å². The van der Waals surface area contributed by atoms with Gasteiger partial charge in [0.05, 0.1) is 18.1 Å². The molecule has 3 nitrogen and oxygen atoms in total. The van der Waals surface area contributed by atoms with Crippen LogP contribution in [0.4, 0.5) is 5.69 Å². The van der Waals surface area contributed by atoms with Crippen LogP contribution in [0.15, 0.2) is 36.7 Å². The summed E-state index contributed by atoms with van der Waals surface area (Å²) in [4.78, 5) is 4.12. The van der Waals surface area contributed by atoms with E-state index in [1.807, 2.05) is 26.1 Å². The predicted molar refractivity (Wildman–Crippen MR) is 69.8 cm³/mol. The fourth-order valence-corrected chi connectivity index (χ4v) is 1.56. The molecule has 0 atom stereocenters. The van der Waals surface area contributed by atoms with Gasteiger partial charge in [-0.3, -0.25) is 4.98 Å². The molecule has 1 N–H and O–H groups in total. The van der Waals surface area contributed by atoms with Crippen LogP contribution in [0.25, 0.3) is 0 Å². The van der Waals surface area contributed by atoms with Crippen molar-refractivity contribution in [3.8, 4) is 11.5 Å². The lowest BCUT2D eigenvalue weighted by Crippen LogP contribution is -1.92. The number of aryl methyl sites for hydroxylation is 2. The quantitative estimate of drug-likeness (QED) is 0.872. The molecule has 0 fully saturated rings. The molecule has 3 heteroatoms. The van der Waals surface area contributed by atoms with Crippen LogP contribution >= 0.6 is 0 Å². The van der Waals surface area contributed by atoms with E-state index in [0.29, 0.717) is 0 Å². The minimum absolute atomic E-state index is 0.741. The second-order valence-electron chi connectivity index (χ2n) is 4.03. The smallest absolute Gasteiger partial charge is 0.147 e. The maximum atomic E-state index is 5.83. The summed E-state index contributed by atoms with van der Waals surface area (Å²) in [5.41, 5.74) is 3.24. The highest BCUT2D eigenvalue weighted by molar-refractivity contribution is 5.46. The van der Waals surface area contributed by atoms with Crippen LogP contribution in [0.3, 0.4) is 0 Å². The molecule has 0 aliphatic rings. The Morgan fingerprint density at radius 1 is 1.12 bits per heavy atom. The Morgan fingerprint density at radius 2 is 1.94 bits per heavy atom. The Morgan fingerprint density at radius 3 is 2.71 bits per heavy atom. The molecule has 0 spiro atoms. The highest BCUT2D eigenvalue weighted by Crippen LogP contribution is 2.26. The number of rotatable bonds is 3. The molecule has 0 saturated carbocycles. The van der Waals surface area contributed by atoms with Crippen molar-refractivity contribution in [1.29, 1.82) is 0 Å². The summed E-state index contributed by atoms with van der Waals surface area (Å²) in [6.07, 6.45) is 3.47. The SMILES string of the molecule is CNc1cncc(Oc2cc(C)ccc2C)c1. The van der Waals surface area contributed by atoms with Crippen LogP contribution in [-0.2, 0) is 0 Å². The number of nitrogens with zero attached hydrogens (tertiary/aromatic N) is 1. The van der Waals surface area contributed by atoms with Crippen molar-refractivity contribution in [3.05, 3.63) is 47.8 Å². The molecule has 2 rings (SSSR count). The third kappa shape index (κ3) is 2.75.